The third-order valence-electron chi connectivity index (χ3n) is 6.17. The zero-order chi connectivity index (χ0) is 22.0. The zero-order valence-corrected chi connectivity index (χ0v) is 20.1. The van der Waals surface area contributed by atoms with Gasteiger partial charge in [-0.1, -0.05) is 104 Å². The van der Waals surface area contributed by atoms with E-state index in [0.29, 0.717) is 19.1 Å². The molecule has 0 amide bonds. The van der Waals surface area contributed by atoms with Crippen LogP contribution in [0.15, 0.2) is 0 Å². The van der Waals surface area contributed by atoms with Gasteiger partial charge >= 0.3 is 11.9 Å². The van der Waals surface area contributed by atoms with Gasteiger partial charge in [0.05, 0.1) is 25.0 Å². The van der Waals surface area contributed by atoms with Gasteiger partial charge in [-0.3, -0.25) is 9.59 Å². The van der Waals surface area contributed by atoms with Crippen LogP contribution in [0.4, 0.5) is 0 Å². The monoisotopic (exact) mass is 424 g/mol. The summed E-state index contributed by atoms with van der Waals surface area (Å²) in [5.74, 6) is -0.712. The zero-order valence-electron chi connectivity index (χ0n) is 20.1. The number of carbonyl (C=O) groups excluding carboxylic acids is 2. The van der Waals surface area contributed by atoms with Gasteiger partial charge in [-0.2, -0.15) is 0 Å². The summed E-state index contributed by atoms with van der Waals surface area (Å²) in [6.45, 7) is 7.22. The van der Waals surface area contributed by atoms with E-state index in [1.807, 2.05) is 13.8 Å². The topological polar surface area (TPSA) is 52.6 Å². The molecule has 176 valence electrons. The molecular weight excluding hydrogens is 376 g/mol. The molecule has 2 atom stereocenters. The van der Waals surface area contributed by atoms with Crippen LogP contribution in [0, 0.1) is 17.8 Å². The van der Waals surface area contributed by atoms with Crippen LogP contribution in [0.2, 0.25) is 0 Å². The fourth-order valence-electron chi connectivity index (χ4n) is 4.27. The Morgan fingerprint density at radius 1 is 0.700 bits per heavy atom. The molecule has 0 bridgehead atoms. The Morgan fingerprint density at radius 2 is 1.13 bits per heavy atom. The molecule has 0 aliphatic heterocycles. The summed E-state index contributed by atoms with van der Waals surface area (Å²) in [7, 11) is 0. The summed E-state index contributed by atoms with van der Waals surface area (Å²) in [5, 5.41) is 0. The van der Waals surface area contributed by atoms with E-state index in [-0.39, 0.29) is 23.8 Å². The maximum Gasteiger partial charge on any atom is 0.309 e. The number of rotatable bonds is 17. The second-order valence-corrected chi connectivity index (χ2v) is 9.58. The van der Waals surface area contributed by atoms with Crippen molar-refractivity contribution in [3.05, 3.63) is 0 Å². The van der Waals surface area contributed by atoms with E-state index in [0.717, 1.165) is 38.5 Å². The lowest BCUT2D eigenvalue weighted by Crippen LogP contribution is -2.35. The SMILES string of the molecule is CCCCCCCCCCCCCCOC(=O)C1CCCCC1C(=O)OCC(C)C. The summed E-state index contributed by atoms with van der Waals surface area (Å²) < 4.78 is 10.9. The lowest BCUT2D eigenvalue weighted by atomic mass is 9.79. The number of ether oxygens (including phenoxy) is 2. The van der Waals surface area contributed by atoms with Crippen molar-refractivity contribution in [1.29, 1.82) is 0 Å². The molecule has 0 radical (unpaired) electrons. The molecule has 2 unspecified atom stereocenters. The quantitative estimate of drug-likeness (QED) is 0.182. The van der Waals surface area contributed by atoms with Gasteiger partial charge in [-0.05, 0) is 25.2 Å². The molecule has 0 spiro atoms. The molecule has 0 aromatic rings. The maximum absolute atomic E-state index is 12.5. The number of hydrogen-bond donors (Lipinski definition) is 0. The van der Waals surface area contributed by atoms with E-state index in [2.05, 4.69) is 6.92 Å². The molecule has 1 aliphatic carbocycles. The fraction of sp³-hybridized carbons (Fsp3) is 0.923. The van der Waals surface area contributed by atoms with Gasteiger partial charge in [0.25, 0.3) is 0 Å². The summed E-state index contributed by atoms with van der Waals surface area (Å²) in [4.78, 5) is 24.9. The molecule has 0 saturated heterocycles. The minimum atomic E-state index is -0.313. The molecule has 1 rings (SSSR count). The Labute approximate surface area is 185 Å². The van der Waals surface area contributed by atoms with Gasteiger partial charge in [-0.25, -0.2) is 0 Å². The van der Waals surface area contributed by atoms with E-state index < -0.39 is 0 Å². The molecule has 1 aliphatic rings. The van der Waals surface area contributed by atoms with Crippen LogP contribution in [-0.4, -0.2) is 25.2 Å². The average molecular weight is 425 g/mol. The predicted octanol–water partition coefficient (Wildman–Crippen LogP) is 7.24. The Kier molecular flexibility index (Phi) is 15.8. The fourth-order valence-corrected chi connectivity index (χ4v) is 4.27. The minimum Gasteiger partial charge on any atom is -0.465 e. The second kappa shape index (κ2) is 17.6. The first-order valence-electron chi connectivity index (χ1n) is 12.9. The van der Waals surface area contributed by atoms with Gasteiger partial charge < -0.3 is 9.47 Å². The molecule has 30 heavy (non-hydrogen) atoms. The lowest BCUT2D eigenvalue weighted by molar-refractivity contribution is -0.163. The van der Waals surface area contributed by atoms with Gasteiger partial charge in [0.2, 0.25) is 0 Å². The van der Waals surface area contributed by atoms with Gasteiger partial charge in [0.15, 0.2) is 0 Å². The molecule has 4 heteroatoms. The third-order valence-corrected chi connectivity index (χ3v) is 6.17. The largest absolute Gasteiger partial charge is 0.465 e. The molecule has 0 aromatic carbocycles. The first-order valence-corrected chi connectivity index (χ1v) is 12.9. The molecule has 1 saturated carbocycles. The highest BCUT2D eigenvalue weighted by atomic mass is 16.5. The van der Waals surface area contributed by atoms with Crippen LogP contribution in [-0.2, 0) is 19.1 Å². The van der Waals surface area contributed by atoms with E-state index in [1.54, 1.807) is 0 Å². The molecule has 0 aromatic heterocycles. The Hall–Kier alpha value is -1.06. The van der Waals surface area contributed by atoms with Crippen LogP contribution >= 0.6 is 0 Å². The first-order chi connectivity index (χ1) is 14.6. The summed E-state index contributed by atoms with van der Waals surface area (Å²) in [6, 6.07) is 0. The van der Waals surface area contributed by atoms with Crippen molar-refractivity contribution in [3.63, 3.8) is 0 Å². The number of unbranched alkanes of at least 4 members (excludes halogenated alkanes) is 11. The molecule has 0 N–H and O–H groups in total. The number of carbonyl (C=O) groups is 2. The molecule has 1 fully saturated rings. The number of hydrogen-bond acceptors (Lipinski definition) is 4. The smallest absolute Gasteiger partial charge is 0.309 e. The van der Waals surface area contributed by atoms with Crippen molar-refractivity contribution >= 4 is 11.9 Å². The van der Waals surface area contributed by atoms with Crippen LogP contribution in [0.3, 0.4) is 0 Å². The molecular formula is C26H48O4. The van der Waals surface area contributed by atoms with E-state index in [4.69, 9.17) is 9.47 Å². The summed E-state index contributed by atoms with van der Waals surface area (Å²) >= 11 is 0. The van der Waals surface area contributed by atoms with Crippen LogP contribution in [0.5, 0.6) is 0 Å². The Balaban J connectivity index is 2.07. The number of esters is 2. The van der Waals surface area contributed by atoms with Crippen molar-refractivity contribution in [2.24, 2.45) is 17.8 Å². The molecule has 0 heterocycles. The average Bonchev–Trinajstić information content (AvgIpc) is 2.75. The normalized spacial score (nSPS) is 19.1. The van der Waals surface area contributed by atoms with Crippen LogP contribution in [0.25, 0.3) is 0 Å². The minimum absolute atomic E-state index is 0.190. The predicted molar refractivity (Wildman–Crippen MR) is 123 cm³/mol. The first kappa shape index (κ1) is 27.0. The highest BCUT2D eigenvalue weighted by molar-refractivity contribution is 5.82. The van der Waals surface area contributed by atoms with Crippen molar-refractivity contribution in [2.45, 2.75) is 124 Å². The third kappa shape index (κ3) is 12.6. The second-order valence-electron chi connectivity index (χ2n) is 9.58. The van der Waals surface area contributed by atoms with Crippen molar-refractivity contribution in [2.75, 3.05) is 13.2 Å². The van der Waals surface area contributed by atoms with Gasteiger partial charge in [-0.15, -0.1) is 0 Å². The van der Waals surface area contributed by atoms with E-state index in [1.165, 1.54) is 64.2 Å². The Morgan fingerprint density at radius 3 is 1.60 bits per heavy atom. The summed E-state index contributed by atoms with van der Waals surface area (Å²) in [5.41, 5.74) is 0. The Bertz CT molecular complexity index is 446. The van der Waals surface area contributed by atoms with Gasteiger partial charge in [0.1, 0.15) is 0 Å². The highest BCUT2D eigenvalue weighted by Crippen LogP contribution is 2.32. The molecule has 4 nitrogen and oxygen atoms in total. The van der Waals surface area contributed by atoms with Gasteiger partial charge in [0, 0.05) is 0 Å². The van der Waals surface area contributed by atoms with Crippen LogP contribution in [0.1, 0.15) is 124 Å². The van der Waals surface area contributed by atoms with Crippen molar-refractivity contribution in [1.82, 2.24) is 0 Å². The van der Waals surface area contributed by atoms with E-state index in [9.17, 15) is 9.59 Å². The van der Waals surface area contributed by atoms with E-state index >= 15 is 0 Å². The highest BCUT2D eigenvalue weighted by Gasteiger charge is 2.37. The van der Waals surface area contributed by atoms with Crippen LogP contribution < -0.4 is 0 Å². The lowest BCUT2D eigenvalue weighted by Gasteiger charge is -2.28. The maximum atomic E-state index is 12.5. The van der Waals surface area contributed by atoms with Crippen molar-refractivity contribution < 1.29 is 19.1 Å². The standard InChI is InChI=1S/C26H48O4/c1-4-5-6-7-8-9-10-11-12-13-14-17-20-29-25(27)23-18-15-16-19-24(23)26(28)30-21-22(2)3/h22-24H,4-21H2,1-3H3. The van der Waals surface area contributed by atoms with Crippen molar-refractivity contribution in [3.8, 4) is 0 Å². The summed E-state index contributed by atoms with van der Waals surface area (Å²) in [6.07, 6.45) is 19.0.